The summed E-state index contributed by atoms with van der Waals surface area (Å²) >= 11 is 6.15. The van der Waals surface area contributed by atoms with E-state index in [9.17, 15) is 4.79 Å². The van der Waals surface area contributed by atoms with E-state index in [1.54, 1.807) is 12.1 Å². The second kappa shape index (κ2) is 5.16. The van der Waals surface area contributed by atoms with E-state index in [0.29, 0.717) is 5.02 Å². The van der Waals surface area contributed by atoms with Crippen LogP contribution in [0, 0.1) is 0 Å². The maximum absolute atomic E-state index is 10.9. The normalized spacial score (nSPS) is 23.1. The van der Waals surface area contributed by atoms with Gasteiger partial charge in [0.1, 0.15) is 0 Å². The summed E-state index contributed by atoms with van der Waals surface area (Å²) in [7, 11) is 1.96. The van der Waals surface area contributed by atoms with Gasteiger partial charge in [0, 0.05) is 13.7 Å². The molecule has 1 aromatic rings. The molecule has 1 heterocycles. The number of hydrogen-bond acceptors (Lipinski definition) is 3. The Hall–Kier alpha value is -1.26. The Kier molecular flexibility index (Phi) is 3.78. The van der Waals surface area contributed by atoms with Crippen LogP contribution in [0.3, 0.4) is 0 Å². The lowest BCUT2D eigenvalue weighted by molar-refractivity contribution is 0.0697. The highest BCUT2D eigenvalue weighted by molar-refractivity contribution is 6.33. The van der Waals surface area contributed by atoms with Crippen molar-refractivity contribution in [1.82, 2.24) is 0 Å². The number of carboxylic acid groups (broad SMARTS) is 1. The van der Waals surface area contributed by atoms with Crippen LogP contribution >= 0.6 is 11.6 Å². The van der Waals surface area contributed by atoms with Gasteiger partial charge >= 0.3 is 5.97 Å². The highest BCUT2D eigenvalue weighted by Crippen LogP contribution is 2.31. The van der Waals surface area contributed by atoms with Crippen LogP contribution < -0.4 is 4.90 Å². The zero-order valence-electron chi connectivity index (χ0n) is 10.4. The molecule has 1 aromatic carbocycles. The molecule has 0 aliphatic carbocycles. The van der Waals surface area contributed by atoms with Crippen LogP contribution in [0.4, 0.5) is 5.69 Å². The minimum Gasteiger partial charge on any atom is -0.478 e. The molecule has 4 nitrogen and oxygen atoms in total. The smallest absolute Gasteiger partial charge is 0.335 e. The molecule has 1 saturated heterocycles. The summed E-state index contributed by atoms with van der Waals surface area (Å²) in [5.74, 6) is -0.969. The van der Waals surface area contributed by atoms with E-state index in [4.69, 9.17) is 21.4 Å². The fourth-order valence-electron chi connectivity index (χ4n) is 2.33. The first-order valence-corrected chi connectivity index (χ1v) is 6.26. The molecule has 2 rings (SSSR count). The summed E-state index contributed by atoms with van der Waals surface area (Å²) < 4.78 is 5.53. The van der Waals surface area contributed by atoms with Crippen LogP contribution in [0.5, 0.6) is 0 Å². The van der Waals surface area contributed by atoms with Gasteiger partial charge in [-0.3, -0.25) is 0 Å². The predicted octanol–water partition coefficient (Wildman–Crippen LogP) is 2.65. The first-order chi connectivity index (χ1) is 8.50. The molecule has 0 spiro atoms. The predicted molar refractivity (Wildman–Crippen MR) is 70.6 cm³/mol. The number of benzene rings is 1. The molecular weight excluding hydrogens is 254 g/mol. The van der Waals surface area contributed by atoms with E-state index in [-0.39, 0.29) is 17.7 Å². The number of hydrogen-bond donors (Lipinski definition) is 1. The average Bonchev–Trinajstić information content (AvgIpc) is 2.74. The second-order valence-electron chi connectivity index (χ2n) is 4.51. The second-order valence-corrected chi connectivity index (χ2v) is 4.92. The molecule has 0 bridgehead atoms. The number of nitrogens with zero attached hydrogens (tertiary/aromatic N) is 1. The lowest BCUT2D eigenvalue weighted by atomic mass is 10.1. The van der Waals surface area contributed by atoms with Gasteiger partial charge in [0.05, 0.1) is 28.4 Å². The van der Waals surface area contributed by atoms with Crippen LogP contribution in [-0.4, -0.2) is 36.9 Å². The van der Waals surface area contributed by atoms with Gasteiger partial charge in [-0.25, -0.2) is 4.79 Å². The van der Waals surface area contributed by atoms with E-state index >= 15 is 0 Å². The molecule has 2 unspecified atom stereocenters. The summed E-state index contributed by atoms with van der Waals surface area (Å²) in [5.41, 5.74) is 1.04. The van der Waals surface area contributed by atoms with Crippen molar-refractivity contribution in [3.8, 4) is 0 Å². The lowest BCUT2D eigenvalue weighted by Crippen LogP contribution is -2.36. The zero-order valence-corrected chi connectivity index (χ0v) is 11.1. The number of rotatable bonds is 3. The number of carbonyl (C=O) groups is 1. The van der Waals surface area contributed by atoms with Crippen molar-refractivity contribution in [3.05, 3.63) is 28.8 Å². The van der Waals surface area contributed by atoms with Crippen LogP contribution in [0.1, 0.15) is 23.7 Å². The third kappa shape index (κ3) is 2.44. The van der Waals surface area contributed by atoms with Crippen LogP contribution in [0.2, 0.25) is 5.02 Å². The first kappa shape index (κ1) is 13.2. The number of ether oxygens (including phenoxy) is 1. The van der Waals surface area contributed by atoms with Crippen LogP contribution in [0.25, 0.3) is 0 Å². The Labute approximate surface area is 111 Å². The molecule has 5 heteroatoms. The molecule has 1 aliphatic rings. The average molecular weight is 270 g/mol. The van der Waals surface area contributed by atoms with Gasteiger partial charge in [-0.15, -0.1) is 0 Å². The van der Waals surface area contributed by atoms with Crippen molar-refractivity contribution in [1.29, 1.82) is 0 Å². The van der Waals surface area contributed by atoms with E-state index < -0.39 is 5.97 Å². The molecule has 0 saturated carbocycles. The summed E-state index contributed by atoms with van der Waals surface area (Å²) in [6.45, 7) is 2.79. The van der Waals surface area contributed by atoms with Gasteiger partial charge in [-0.05, 0) is 31.5 Å². The number of carboxylic acids is 1. The van der Waals surface area contributed by atoms with Crippen molar-refractivity contribution < 1.29 is 14.6 Å². The molecule has 18 heavy (non-hydrogen) atoms. The van der Waals surface area contributed by atoms with Gasteiger partial charge in [-0.1, -0.05) is 11.6 Å². The van der Waals surface area contributed by atoms with Crippen molar-refractivity contribution in [2.75, 3.05) is 18.6 Å². The zero-order chi connectivity index (χ0) is 13.3. The SMILES string of the molecule is CC1OCCC1N(C)c1ccc(C(=O)O)cc1Cl. The number of halogens is 1. The number of anilines is 1. The molecule has 0 radical (unpaired) electrons. The van der Waals surface area contributed by atoms with Crippen molar-refractivity contribution in [2.24, 2.45) is 0 Å². The summed E-state index contributed by atoms with van der Waals surface area (Å²) in [6.07, 6.45) is 1.11. The molecule has 0 amide bonds. The Morgan fingerprint density at radius 1 is 1.56 bits per heavy atom. The first-order valence-electron chi connectivity index (χ1n) is 5.88. The molecule has 1 N–H and O–H groups in total. The molecule has 1 fully saturated rings. The summed E-state index contributed by atoms with van der Waals surface area (Å²) in [6, 6.07) is 5.08. The molecule has 0 aromatic heterocycles. The number of aromatic carboxylic acids is 1. The summed E-state index contributed by atoms with van der Waals surface area (Å²) in [5, 5.41) is 9.36. The van der Waals surface area contributed by atoms with E-state index in [1.165, 1.54) is 6.07 Å². The van der Waals surface area contributed by atoms with Crippen molar-refractivity contribution in [2.45, 2.75) is 25.5 Å². The van der Waals surface area contributed by atoms with Gasteiger partial charge in [-0.2, -0.15) is 0 Å². The van der Waals surface area contributed by atoms with Gasteiger partial charge in [0.15, 0.2) is 0 Å². The molecule has 1 aliphatic heterocycles. The Morgan fingerprint density at radius 3 is 2.78 bits per heavy atom. The number of likely N-dealkylation sites (N-methyl/N-ethyl adjacent to an activating group) is 1. The van der Waals surface area contributed by atoms with Crippen molar-refractivity contribution >= 4 is 23.3 Å². The van der Waals surface area contributed by atoms with E-state index in [2.05, 4.69) is 4.90 Å². The third-order valence-electron chi connectivity index (χ3n) is 3.41. The Bertz CT molecular complexity index is 464. The van der Waals surface area contributed by atoms with E-state index in [1.807, 2.05) is 14.0 Å². The standard InChI is InChI=1S/C13H16ClNO3/c1-8-11(5-6-18-8)15(2)12-4-3-9(13(16)17)7-10(12)14/h3-4,7-8,11H,5-6H2,1-2H3,(H,16,17). The lowest BCUT2D eigenvalue weighted by Gasteiger charge is -2.29. The van der Waals surface area contributed by atoms with Gasteiger partial charge < -0.3 is 14.7 Å². The molecular formula is C13H16ClNO3. The maximum atomic E-state index is 10.9. The van der Waals surface area contributed by atoms with Gasteiger partial charge in [0.25, 0.3) is 0 Å². The highest BCUT2D eigenvalue weighted by atomic mass is 35.5. The quantitative estimate of drug-likeness (QED) is 0.917. The molecule has 98 valence electrons. The fourth-order valence-corrected chi connectivity index (χ4v) is 2.65. The third-order valence-corrected chi connectivity index (χ3v) is 3.71. The minimum atomic E-state index is -0.969. The summed E-state index contributed by atoms with van der Waals surface area (Å²) in [4.78, 5) is 12.9. The van der Waals surface area contributed by atoms with Crippen LogP contribution in [-0.2, 0) is 4.74 Å². The van der Waals surface area contributed by atoms with Gasteiger partial charge in [0.2, 0.25) is 0 Å². The Balaban J connectivity index is 2.25. The monoisotopic (exact) mass is 269 g/mol. The Morgan fingerprint density at radius 2 is 2.28 bits per heavy atom. The van der Waals surface area contributed by atoms with Crippen LogP contribution in [0.15, 0.2) is 18.2 Å². The topological polar surface area (TPSA) is 49.8 Å². The molecule has 2 atom stereocenters. The van der Waals surface area contributed by atoms with Crippen molar-refractivity contribution in [3.63, 3.8) is 0 Å². The minimum absolute atomic E-state index is 0.158. The maximum Gasteiger partial charge on any atom is 0.335 e. The van der Waals surface area contributed by atoms with E-state index in [0.717, 1.165) is 18.7 Å². The largest absolute Gasteiger partial charge is 0.478 e. The highest BCUT2D eigenvalue weighted by Gasteiger charge is 2.29. The fraction of sp³-hybridized carbons (Fsp3) is 0.462.